The van der Waals surface area contributed by atoms with E-state index >= 15 is 0 Å². The molecule has 0 spiro atoms. The van der Waals surface area contributed by atoms with E-state index in [0.717, 1.165) is 32.1 Å². The van der Waals surface area contributed by atoms with E-state index in [-0.39, 0.29) is 23.1 Å². The molecule has 1 unspecified atom stereocenters. The molecule has 1 aliphatic heterocycles. The third kappa shape index (κ3) is 5.76. The van der Waals surface area contributed by atoms with E-state index < -0.39 is 5.82 Å². The van der Waals surface area contributed by atoms with E-state index in [4.69, 9.17) is 23.2 Å². The number of nitrogens with one attached hydrogen (secondary N) is 2. The maximum atomic E-state index is 13.4. The summed E-state index contributed by atoms with van der Waals surface area (Å²) in [5.74, 6) is 0.153. The lowest BCUT2D eigenvalue weighted by Gasteiger charge is -2.36. The second-order valence-electron chi connectivity index (χ2n) is 7.86. The molecule has 3 heterocycles. The maximum Gasteiger partial charge on any atom is 0.259 e. The highest BCUT2D eigenvalue weighted by atomic mass is 35.5. The number of carbonyl (C=O) groups is 1. The van der Waals surface area contributed by atoms with Gasteiger partial charge in [0.25, 0.3) is 5.91 Å². The molecule has 1 fully saturated rings. The first-order valence-electron chi connectivity index (χ1n) is 10.6. The predicted molar refractivity (Wildman–Crippen MR) is 127 cm³/mol. The van der Waals surface area contributed by atoms with Gasteiger partial charge in [-0.15, -0.1) is 0 Å². The van der Waals surface area contributed by atoms with Crippen molar-refractivity contribution in [2.45, 2.75) is 31.8 Å². The molecule has 172 valence electrons. The molecule has 0 saturated carbocycles. The molecule has 4 rings (SSSR count). The zero-order valence-corrected chi connectivity index (χ0v) is 19.4. The minimum Gasteiger partial charge on any atom is -0.367 e. The molecule has 1 saturated heterocycles. The highest BCUT2D eigenvalue weighted by Crippen LogP contribution is 2.26. The number of halogens is 3. The summed E-state index contributed by atoms with van der Waals surface area (Å²) in [6.07, 6.45) is 4.44. The minimum absolute atomic E-state index is 0.0852. The van der Waals surface area contributed by atoms with Gasteiger partial charge >= 0.3 is 0 Å². The van der Waals surface area contributed by atoms with Crippen LogP contribution in [-0.2, 0) is 0 Å². The van der Waals surface area contributed by atoms with Crippen LogP contribution in [0.1, 0.15) is 42.0 Å². The monoisotopic (exact) mass is 488 g/mol. The van der Waals surface area contributed by atoms with Gasteiger partial charge in [0, 0.05) is 36.0 Å². The Morgan fingerprint density at radius 1 is 1.18 bits per heavy atom. The van der Waals surface area contributed by atoms with Crippen LogP contribution in [0.4, 0.5) is 15.9 Å². The molecule has 3 aromatic rings. The van der Waals surface area contributed by atoms with Crippen molar-refractivity contribution in [1.82, 2.24) is 19.9 Å². The Kier molecular flexibility index (Phi) is 7.37. The van der Waals surface area contributed by atoms with Gasteiger partial charge in [-0.2, -0.15) is 0 Å². The van der Waals surface area contributed by atoms with Gasteiger partial charge in [-0.1, -0.05) is 29.3 Å². The van der Waals surface area contributed by atoms with Crippen molar-refractivity contribution in [3.8, 4) is 0 Å². The first kappa shape index (κ1) is 23.4. The summed E-state index contributed by atoms with van der Waals surface area (Å²) in [5.41, 5.74) is 1.08. The normalized spacial score (nSPS) is 15.8. The number of hydrogen-bond donors (Lipinski definition) is 2. The third-order valence-electron chi connectivity index (χ3n) is 5.65. The molecule has 1 aromatic carbocycles. The Bertz CT molecular complexity index is 1140. The largest absolute Gasteiger partial charge is 0.367 e. The summed E-state index contributed by atoms with van der Waals surface area (Å²) in [7, 11) is 0. The number of pyridine rings is 1. The molecule has 0 aliphatic carbocycles. The summed E-state index contributed by atoms with van der Waals surface area (Å²) in [4.78, 5) is 27.6. The number of rotatable bonds is 6. The molecule has 7 nitrogen and oxygen atoms in total. The molecular formula is C23H23Cl2FN6O. The quantitative estimate of drug-likeness (QED) is 0.463. The lowest BCUT2D eigenvalue weighted by Crippen LogP contribution is -2.41. The molecular weight excluding hydrogens is 466 g/mol. The Hall–Kier alpha value is -2.81. The van der Waals surface area contributed by atoms with Gasteiger partial charge in [-0.05, 0) is 50.1 Å². The Balaban J connectivity index is 1.38. The SMILES string of the molecule is CC(c1ncc(F)c(Cl)n1)N1CCC(Nc2ncccc2C(=O)Nc2cccc(Cl)c2)CC1. The standard InChI is InChI=1S/C23H23Cl2FN6O/c1-14(21-28-13-19(26)20(25)31-21)32-10-7-16(8-11-32)29-22-18(6-3-9-27-22)23(33)30-17-5-2-4-15(24)12-17/h2-6,9,12-14,16H,7-8,10-11H2,1H3,(H,27,29)(H,30,33). The van der Waals surface area contributed by atoms with E-state index in [9.17, 15) is 9.18 Å². The molecule has 33 heavy (non-hydrogen) atoms. The van der Waals surface area contributed by atoms with Crippen molar-refractivity contribution < 1.29 is 9.18 Å². The van der Waals surface area contributed by atoms with E-state index in [0.29, 0.717) is 27.9 Å². The van der Waals surface area contributed by atoms with Gasteiger partial charge < -0.3 is 10.6 Å². The van der Waals surface area contributed by atoms with Crippen LogP contribution in [0.2, 0.25) is 10.2 Å². The number of hydrogen-bond acceptors (Lipinski definition) is 6. The average molecular weight is 489 g/mol. The predicted octanol–water partition coefficient (Wildman–Crippen LogP) is 5.21. The topological polar surface area (TPSA) is 83.0 Å². The highest BCUT2D eigenvalue weighted by molar-refractivity contribution is 6.31. The van der Waals surface area contributed by atoms with Crippen LogP contribution in [0.5, 0.6) is 0 Å². The molecule has 1 atom stereocenters. The van der Waals surface area contributed by atoms with E-state index in [1.807, 2.05) is 6.92 Å². The van der Waals surface area contributed by atoms with Crippen LogP contribution in [0.25, 0.3) is 0 Å². The van der Waals surface area contributed by atoms with Gasteiger partial charge in [-0.25, -0.2) is 19.3 Å². The fourth-order valence-corrected chi connectivity index (χ4v) is 4.14. The highest BCUT2D eigenvalue weighted by Gasteiger charge is 2.26. The van der Waals surface area contributed by atoms with Crippen molar-refractivity contribution in [2.24, 2.45) is 0 Å². The van der Waals surface area contributed by atoms with Crippen molar-refractivity contribution in [2.75, 3.05) is 23.7 Å². The zero-order valence-electron chi connectivity index (χ0n) is 17.9. The number of nitrogens with zero attached hydrogens (tertiary/aromatic N) is 4. The number of anilines is 2. The fourth-order valence-electron chi connectivity index (χ4n) is 3.82. The fraction of sp³-hybridized carbons (Fsp3) is 0.304. The molecule has 2 N–H and O–H groups in total. The minimum atomic E-state index is -0.624. The Labute approximate surface area is 201 Å². The number of likely N-dealkylation sites (tertiary alicyclic amines) is 1. The average Bonchev–Trinajstić information content (AvgIpc) is 2.81. The third-order valence-corrected chi connectivity index (χ3v) is 6.15. The summed E-state index contributed by atoms with van der Waals surface area (Å²) in [6, 6.07) is 10.5. The Morgan fingerprint density at radius 3 is 2.70 bits per heavy atom. The number of carbonyl (C=O) groups excluding carboxylic acids is 1. The van der Waals surface area contributed by atoms with Gasteiger partial charge in [0.15, 0.2) is 11.0 Å². The van der Waals surface area contributed by atoms with E-state index in [1.165, 1.54) is 0 Å². The molecule has 2 aromatic heterocycles. The van der Waals surface area contributed by atoms with Crippen molar-refractivity contribution in [1.29, 1.82) is 0 Å². The molecule has 1 amide bonds. The van der Waals surface area contributed by atoms with Crippen LogP contribution in [0.15, 0.2) is 48.8 Å². The number of aromatic nitrogens is 3. The summed E-state index contributed by atoms with van der Waals surface area (Å²) in [6.45, 7) is 3.55. The van der Waals surface area contributed by atoms with Crippen LogP contribution in [0, 0.1) is 5.82 Å². The zero-order chi connectivity index (χ0) is 23.4. The second kappa shape index (κ2) is 10.4. The van der Waals surface area contributed by atoms with Crippen molar-refractivity contribution in [3.05, 3.63) is 76.2 Å². The summed E-state index contributed by atoms with van der Waals surface area (Å²) in [5, 5.41) is 6.66. The lowest BCUT2D eigenvalue weighted by molar-refractivity contribution is 0.102. The molecule has 0 bridgehead atoms. The summed E-state index contributed by atoms with van der Waals surface area (Å²) < 4.78 is 13.4. The van der Waals surface area contributed by atoms with Crippen LogP contribution < -0.4 is 10.6 Å². The van der Waals surface area contributed by atoms with Crippen LogP contribution in [0.3, 0.4) is 0 Å². The lowest BCUT2D eigenvalue weighted by atomic mass is 10.0. The number of benzene rings is 1. The first-order valence-corrected chi connectivity index (χ1v) is 11.4. The summed E-state index contributed by atoms with van der Waals surface area (Å²) >= 11 is 11.8. The van der Waals surface area contributed by atoms with E-state index in [2.05, 4.69) is 30.5 Å². The molecule has 1 aliphatic rings. The smallest absolute Gasteiger partial charge is 0.259 e. The molecule has 10 heteroatoms. The van der Waals surface area contributed by atoms with Crippen molar-refractivity contribution in [3.63, 3.8) is 0 Å². The number of amides is 1. The molecule has 0 radical (unpaired) electrons. The van der Waals surface area contributed by atoms with Crippen LogP contribution in [-0.4, -0.2) is 44.9 Å². The maximum absolute atomic E-state index is 13.4. The van der Waals surface area contributed by atoms with Crippen molar-refractivity contribution >= 4 is 40.6 Å². The van der Waals surface area contributed by atoms with Gasteiger partial charge in [0.2, 0.25) is 0 Å². The number of piperidine rings is 1. The van der Waals surface area contributed by atoms with Gasteiger partial charge in [0.1, 0.15) is 11.6 Å². The van der Waals surface area contributed by atoms with Crippen LogP contribution >= 0.6 is 23.2 Å². The Morgan fingerprint density at radius 2 is 1.97 bits per heavy atom. The van der Waals surface area contributed by atoms with E-state index in [1.54, 1.807) is 42.6 Å². The second-order valence-corrected chi connectivity index (χ2v) is 8.66. The van der Waals surface area contributed by atoms with Gasteiger partial charge in [0.05, 0.1) is 17.8 Å². The first-order chi connectivity index (χ1) is 15.9. The van der Waals surface area contributed by atoms with Gasteiger partial charge in [-0.3, -0.25) is 9.69 Å².